The summed E-state index contributed by atoms with van der Waals surface area (Å²) in [6.45, 7) is -4.45. The van der Waals surface area contributed by atoms with Crippen molar-refractivity contribution in [2.75, 3.05) is 38.6 Å². The largest absolute Gasteiger partial charge is 0.778 e. The predicted molar refractivity (Wildman–Crippen MR) is 139 cm³/mol. The van der Waals surface area contributed by atoms with Crippen molar-refractivity contribution in [1.82, 2.24) is 9.80 Å². The summed E-state index contributed by atoms with van der Waals surface area (Å²) < 4.78 is 31.5. The molecule has 3 unspecified atom stereocenters. The van der Waals surface area contributed by atoms with Crippen LogP contribution in [0.5, 0.6) is 0 Å². The van der Waals surface area contributed by atoms with Crippen molar-refractivity contribution >= 4 is 50.8 Å². The molecule has 0 radical (unpaired) electrons. The van der Waals surface area contributed by atoms with Gasteiger partial charge in [-0.2, -0.15) is 17.3 Å². The van der Waals surface area contributed by atoms with Crippen LogP contribution in [0.2, 0.25) is 0 Å². The summed E-state index contributed by atoms with van der Waals surface area (Å²) in [5.41, 5.74) is 5.47. The van der Waals surface area contributed by atoms with E-state index in [1.54, 1.807) is 0 Å². The number of likely N-dealkylation sites (tertiary alicyclic amines) is 2. The van der Waals surface area contributed by atoms with E-state index in [0.717, 1.165) is 12.8 Å². The lowest BCUT2D eigenvalue weighted by Gasteiger charge is -2.30. The monoisotopic (exact) mass is 621 g/mol. The minimum Gasteiger partial charge on any atom is -0.778 e. The molecule has 2 saturated heterocycles. The fourth-order valence-corrected chi connectivity index (χ4v) is 6.15. The molecule has 2 fully saturated rings. The van der Waals surface area contributed by atoms with Crippen molar-refractivity contribution in [2.45, 2.75) is 75.7 Å². The predicted octanol–water partition coefficient (Wildman–Crippen LogP) is -0.261. The molecule has 4 N–H and O–H groups in total. The zero-order valence-corrected chi connectivity index (χ0v) is 24.5. The maximum atomic E-state index is 12.8. The van der Waals surface area contributed by atoms with Crippen LogP contribution in [0, 0.1) is 0 Å². The third kappa shape index (κ3) is 11.4. The topological polar surface area (TPSA) is 207 Å². The number of phosphoric ester groups is 1. The number of carbonyl (C=O) groups excluding carboxylic acids is 2. The van der Waals surface area contributed by atoms with Gasteiger partial charge in [-0.25, -0.2) is 5.26 Å². The number of rotatable bonds is 17. The summed E-state index contributed by atoms with van der Waals surface area (Å²) in [7, 11) is -4.88. The lowest BCUT2D eigenvalue weighted by molar-refractivity contribution is -0.266. The Morgan fingerprint density at radius 3 is 2.24 bits per heavy atom. The Balaban J connectivity index is 1.97. The highest BCUT2D eigenvalue weighted by Gasteiger charge is 2.39. The summed E-state index contributed by atoms with van der Waals surface area (Å²) in [5.74, 6) is 0.00341. The third-order valence-electron chi connectivity index (χ3n) is 6.28. The zero-order valence-electron chi connectivity index (χ0n) is 21.0. The number of phosphoric acid groups is 1. The highest BCUT2D eigenvalue weighted by molar-refractivity contribution is 8.06. The number of aliphatic hydroxyl groups excluding tert-OH is 1. The standard InChI is InChI=1S/C20H39N3O11P2S2/c21-7-3-1-2-5-19(25)23-12-18(10-16(23)14-32-36(30,38)34-27)33-35(28,29)31-13-15-9-17(24)11-22(15)20(26)6-4-8-37/h15-18,24,27,37H,1-14,21H2,(H,28,29)(H,30,38)/p-2/t15?,16-,17+,18+,36?/m0/s1. The van der Waals surface area contributed by atoms with E-state index in [1.807, 2.05) is 0 Å². The maximum absolute atomic E-state index is 12.8. The van der Waals surface area contributed by atoms with E-state index in [-0.39, 0.29) is 63.8 Å². The van der Waals surface area contributed by atoms with Gasteiger partial charge >= 0.3 is 0 Å². The van der Waals surface area contributed by atoms with Gasteiger partial charge in [0.25, 0.3) is 7.82 Å². The Bertz CT molecular complexity index is 874. The SMILES string of the molecule is NCCCCCC(=O)N1C[C@H](OP(=O)([O-])OCC2C[C@@H](O)CN2C(=O)CCCS)C[C@H]1COP([O-])(=S)OO. The maximum Gasteiger partial charge on any atom is 0.268 e. The summed E-state index contributed by atoms with van der Waals surface area (Å²) in [5, 5.41) is 18.6. The molecule has 0 aromatic rings. The second-order valence-corrected chi connectivity index (χ2v) is 13.7. The molecule has 14 nitrogen and oxygen atoms in total. The molecule has 2 heterocycles. The van der Waals surface area contributed by atoms with Crippen LogP contribution >= 0.6 is 27.2 Å². The molecule has 0 spiro atoms. The quantitative estimate of drug-likeness (QED) is 0.0544. The van der Waals surface area contributed by atoms with Crippen LogP contribution in [0.3, 0.4) is 0 Å². The number of β-amino-alcohol motifs (C(OH)–C–C–N with tert-alkyl or cyclic N) is 1. The normalized spacial score (nSPS) is 26.9. The Hall–Kier alpha value is -0.190. The number of carbonyl (C=O) groups is 2. The summed E-state index contributed by atoms with van der Waals surface area (Å²) in [6, 6.07) is -1.38. The highest BCUT2D eigenvalue weighted by atomic mass is 32.5. The van der Waals surface area contributed by atoms with Gasteiger partial charge in [0.2, 0.25) is 11.8 Å². The Morgan fingerprint density at radius 2 is 1.61 bits per heavy atom. The molecule has 0 aromatic carbocycles. The minimum absolute atomic E-state index is 0.00136. The van der Waals surface area contributed by atoms with Crippen molar-refractivity contribution in [1.29, 1.82) is 0 Å². The minimum atomic E-state index is -4.88. The van der Waals surface area contributed by atoms with E-state index >= 15 is 0 Å². The summed E-state index contributed by atoms with van der Waals surface area (Å²) in [4.78, 5) is 52.3. The van der Waals surface area contributed by atoms with E-state index in [2.05, 4.69) is 29.1 Å². The van der Waals surface area contributed by atoms with Crippen LogP contribution in [0.15, 0.2) is 0 Å². The molecule has 2 amide bonds. The van der Waals surface area contributed by atoms with E-state index in [1.165, 1.54) is 9.80 Å². The Kier molecular flexibility index (Phi) is 14.6. The lowest BCUT2D eigenvalue weighted by Crippen LogP contribution is -2.39. The number of unbranched alkanes of at least 4 members (excludes halogenated alkanes) is 2. The van der Waals surface area contributed by atoms with Gasteiger partial charge in [-0.3, -0.25) is 14.2 Å². The van der Waals surface area contributed by atoms with E-state index in [9.17, 15) is 29.0 Å². The second-order valence-electron chi connectivity index (χ2n) is 9.25. The lowest BCUT2D eigenvalue weighted by atomic mass is 10.1. The van der Waals surface area contributed by atoms with Gasteiger partial charge < -0.3 is 44.0 Å². The van der Waals surface area contributed by atoms with E-state index < -0.39 is 38.8 Å². The molecule has 2 aliphatic heterocycles. The van der Waals surface area contributed by atoms with Crippen molar-refractivity contribution < 1.29 is 52.6 Å². The van der Waals surface area contributed by atoms with Gasteiger partial charge in [0.05, 0.1) is 37.5 Å². The van der Waals surface area contributed by atoms with Gasteiger partial charge in [0.15, 0.2) is 6.72 Å². The number of thiol groups is 1. The first-order valence-electron chi connectivity index (χ1n) is 12.4. The second kappa shape index (κ2) is 16.3. The first-order chi connectivity index (χ1) is 17.9. The van der Waals surface area contributed by atoms with Crippen LogP contribution in [-0.2, 0) is 44.2 Å². The average molecular weight is 622 g/mol. The molecule has 2 rings (SSSR count). The third-order valence-corrected chi connectivity index (χ3v) is 8.80. The van der Waals surface area contributed by atoms with Crippen LogP contribution in [-0.4, -0.2) is 94.9 Å². The Morgan fingerprint density at radius 1 is 1.00 bits per heavy atom. The number of nitrogens with two attached hydrogens (primary N) is 1. The van der Waals surface area contributed by atoms with Gasteiger partial charge in [0.1, 0.15) is 0 Å². The molecule has 6 atom stereocenters. The Labute approximate surface area is 232 Å². The first-order valence-corrected chi connectivity index (χ1v) is 17.1. The van der Waals surface area contributed by atoms with Gasteiger partial charge in [0, 0.05) is 25.9 Å². The molecular formula is C20H37N3O11P2S2-2. The molecule has 0 saturated carbocycles. The van der Waals surface area contributed by atoms with Crippen LogP contribution < -0.4 is 15.5 Å². The number of aliphatic hydroxyl groups is 1. The van der Waals surface area contributed by atoms with Crippen molar-refractivity contribution in [3.8, 4) is 0 Å². The first kappa shape index (κ1) is 34.0. The summed E-state index contributed by atoms with van der Waals surface area (Å²) >= 11 is 8.58. The number of hydrogen-bond acceptors (Lipinski definition) is 14. The van der Waals surface area contributed by atoms with Crippen LogP contribution in [0.1, 0.15) is 51.4 Å². The van der Waals surface area contributed by atoms with Crippen LogP contribution in [0.4, 0.5) is 0 Å². The van der Waals surface area contributed by atoms with E-state index in [0.29, 0.717) is 25.1 Å². The fraction of sp³-hybridized carbons (Fsp3) is 0.900. The van der Waals surface area contributed by atoms with Gasteiger partial charge in [-0.1, -0.05) is 6.42 Å². The summed E-state index contributed by atoms with van der Waals surface area (Å²) in [6.07, 6.45) is 1.40. The van der Waals surface area contributed by atoms with E-state index in [4.69, 9.17) is 24.6 Å². The fourth-order valence-electron chi connectivity index (χ4n) is 4.48. The average Bonchev–Trinajstić information content (AvgIpc) is 3.45. The van der Waals surface area contributed by atoms with Crippen molar-refractivity contribution in [2.24, 2.45) is 5.73 Å². The zero-order chi connectivity index (χ0) is 28.3. The smallest absolute Gasteiger partial charge is 0.268 e. The molecule has 38 heavy (non-hydrogen) atoms. The number of amides is 2. The molecule has 0 aromatic heterocycles. The van der Waals surface area contributed by atoms with Crippen LogP contribution in [0.25, 0.3) is 0 Å². The molecular weight excluding hydrogens is 584 g/mol. The van der Waals surface area contributed by atoms with Gasteiger partial charge in [-0.15, -0.1) is 0 Å². The molecule has 18 heteroatoms. The highest BCUT2D eigenvalue weighted by Crippen LogP contribution is 2.44. The van der Waals surface area contributed by atoms with Gasteiger partial charge in [-0.05, 0) is 56.2 Å². The molecule has 0 aliphatic carbocycles. The van der Waals surface area contributed by atoms with Crippen molar-refractivity contribution in [3.63, 3.8) is 0 Å². The molecule has 222 valence electrons. The number of hydrogen-bond donors (Lipinski definition) is 4. The molecule has 0 bridgehead atoms. The number of nitrogens with zero attached hydrogens (tertiary/aromatic N) is 2. The van der Waals surface area contributed by atoms with Crippen molar-refractivity contribution in [3.05, 3.63) is 0 Å². The molecule has 2 aliphatic rings.